The second kappa shape index (κ2) is 9.66. The van der Waals surface area contributed by atoms with Gasteiger partial charge in [-0.1, -0.05) is 70.2 Å². The minimum atomic E-state index is -1.38. The van der Waals surface area contributed by atoms with E-state index >= 15 is 0 Å². The molecule has 2 rings (SSSR count). The second-order valence-corrected chi connectivity index (χ2v) is 8.38. The first-order valence-corrected chi connectivity index (χ1v) is 10.0. The molecule has 0 saturated carbocycles. The predicted molar refractivity (Wildman–Crippen MR) is 113 cm³/mol. The Morgan fingerprint density at radius 3 is 1.86 bits per heavy atom. The fraction of sp³-hybridized carbons (Fsp3) is 0.500. The van der Waals surface area contributed by atoms with Crippen LogP contribution in [0.15, 0.2) is 42.5 Å². The van der Waals surface area contributed by atoms with Crippen LogP contribution in [0, 0.1) is 5.41 Å². The fourth-order valence-electron chi connectivity index (χ4n) is 3.58. The van der Waals surface area contributed by atoms with Gasteiger partial charge in [0.25, 0.3) is 0 Å². The minimum absolute atomic E-state index is 0.372. The summed E-state index contributed by atoms with van der Waals surface area (Å²) in [6.07, 6.45) is -0.529. The van der Waals surface area contributed by atoms with E-state index in [1.807, 2.05) is 18.2 Å². The van der Waals surface area contributed by atoms with E-state index in [4.69, 9.17) is 0 Å². The molecule has 0 heterocycles. The van der Waals surface area contributed by atoms with E-state index in [-0.39, 0.29) is 0 Å². The number of benzene rings is 2. The highest BCUT2D eigenvalue weighted by Crippen LogP contribution is 2.36. The van der Waals surface area contributed by atoms with Gasteiger partial charge in [-0.3, -0.25) is 0 Å². The Kier molecular flexibility index (Phi) is 7.79. The van der Waals surface area contributed by atoms with Gasteiger partial charge in [0.15, 0.2) is 0 Å². The van der Waals surface area contributed by atoms with Crippen molar-refractivity contribution in [2.24, 2.45) is 5.41 Å². The van der Waals surface area contributed by atoms with Crippen molar-refractivity contribution in [3.8, 4) is 0 Å². The molecule has 2 aromatic carbocycles. The van der Waals surface area contributed by atoms with Crippen molar-refractivity contribution in [3.63, 3.8) is 0 Å². The number of aliphatic hydroxyl groups is 4. The molecule has 1 atom stereocenters. The summed E-state index contributed by atoms with van der Waals surface area (Å²) >= 11 is 0. The van der Waals surface area contributed by atoms with Crippen LogP contribution < -0.4 is 0 Å². The van der Waals surface area contributed by atoms with Gasteiger partial charge in [-0.05, 0) is 46.1 Å². The lowest BCUT2D eigenvalue weighted by Gasteiger charge is -2.34. The van der Waals surface area contributed by atoms with E-state index in [2.05, 4.69) is 45.9 Å². The molecule has 0 saturated heterocycles. The zero-order valence-electron chi connectivity index (χ0n) is 17.4. The van der Waals surface area contributed by atoms with Crippen LogP contribution in [0.2, 0.25) is 0 Å². The number of aliphatic hydroxyl groups excluding tert-OH is 4. The van der Waals surface area contributed by atoms with Crippen molar-refractivity contribution < 1.29 is 20.4 Å². The topological polar surface area (TPSA) is 80.9 Å². The average Bonchev–Trinajstić information content (AvgIpc) is 2.70. The van der Waals surface area contributed by atoms with Gasteiger partial charge in [0.1, 0.15) is 0 Å². The minimum Gasteiger partial charge on any atom is -0.395 e. The van der Waals surface area contributed by atoms with Gasteiger partial charge >= 0.3 is 0 Å². The molecule has 0 aromatic heterocycles. The largest absolute Gasteiger partial charge is 0.395 e. The summed E-state index contributed by atoms with van der Waals surface area (Å²) < 4.78 is 0. The number of rotatable bonds is 9. The normalized spacial score (nSPS) is 13.4. The maximum Gasteiger partial charge on any atom is 0.0915 e. The number of hydrogen-bond acceptors (Lipinski definition) is 4. The average molecular weight is 387 g/mol. The third kappa shape index (κ3) is 4.64. The molecule has 4 heteroatoms. The maximum absolute atomic E-state index is 10.9. The third-order valence-corrected chi connectivity index (χ3v) is 5.71. The van der Waals surface area contributed by atoms with Crippen LogP contribution in [0.5, 0.6) is 0 Å². The standard InChI is InChI=1S/C24H34O4/c1-16(2)18-9-10-20(22(12-18)17(3)4)11-19-7-5-6-8-21(19)23(28)24(13-25,14-26)15-27/h5-10,12,16-17,23,25-28H,11,13-15H2,1-4H3. The van der Waals surface area contributed by atoms with Crippen molar-refractivity contribution >= 4 is 0 Å². The molecular formula is C24H34O4. The Hall–Kier alpha value is -1.72. The van der Waals surface area contributed by atoms with Gasteiger partial charge in [-0.25, -0.2) is 0 Å². The fourth-order valence-corrected chi connectivity index (χ4v) is 3.58. The van der Waals surface area contributed by atoms with E-state index in [1.165, 1.54) is 16.7 Å². The molecule has 4 N–H and O–H groups in total. The van der Waals surface area contributed by atoms with E-state index in [0.717, 1.165) is 5.56 Å². The van der Waals surface area contributed by atoms with Crippen LogP contribution in [0.3, 0.4) is 0 Å². The molecule has 0 bridgehead atoms. The highest BCUT2D eigenvalue weighted by atomic mass is 16.3. The molecule has 0 radical (unpaired) electrons. The lowest BCUT2D eigenvalue weighted by Crippen LogP contribution is -2.40. The molecule has 0 aliphatic heterocycles. The van der Waals surface area contributed by atoms with Crippen molar-refractivity contribution in [2.75, 3.05) is 19.8 Å². The summed E-state index contributed by atoms with van der Waals surface area (Å²) in [4.78, 5) is 0. The van der Waals surface area contributed by atoms with Crippen molar-refractivity contribution in [1.82, 2.24) is 0 Å². The van der Waals surface area contributed by atoms with Gasteiger partial charge < -0.3 is 20.4 Å². The molecule has 0 spiro atoms. The molecular weight excluding hydrogens is 352 g/mol. The summed E-state index contributed by atoms with van der Waals surface area (Å²) in [6.45, 7) is 7.21. The van der Waals surface area contributed by atoms with E-state index in [1.54, 1.807) is 6.07 Å². The van der Waals surface area contributed by atoms with Crippen molar-refractivity contribution in [1.29, 1.82) is 0 Å². The van der Waals surface area contributed by atoms with E-state index in [0.29, 0.717) is 23.8 Å². The highest BCUT2D eigenvalue weighted by Gasteiger charge is 2.38. The quantitative estimate of drug-likeness (QED) is 0.532. The monoisotopic (exact) mass is 386 g/mol. The Morgan fingerprint density at radius 2 is 1.32 bits per heavy atom. The Bertz CT molecular complexity index is 755. The van der Waals surface area contributed by atoms with Crippen LogP contribution in [-0.4, -0.2) is 40.2 Å². The van der Waals surface area contributed by atoms with Crippen LogP contribution in [0.25, 0.3) is 0 Å². The molecule has 0 aliphatic carbocycles. The van der Waals surface area contributed by atoms with Gasteiger partial charge in [0.05, 0.1) is 31.3 Å². The zero-order chi connectivity index (χ0) is 20.9. The molecule has 1 unspecified atom stereocenters. The lowest BCUT2D eigenvalue weighted by molar-refractivity contribution is -0.0854. The van der Waals surface area contributed by atoms with Crippen molar-refractivity contribution in [2.45, 2.75) is 52.1 Å². The van der Waals surface area contributed by atoms with Gasteiger partial charge in [-0.2, -0.15) is 0 Å². The van der Waals surface area contributed by atoms with Crippen LogP contribution in [0.1, 0.15) is 73.5 Å². The maximum atomic E-state index is 10.9. The first-order chi connectivity index (χ1) is 13.3. The third-order valence-electron chi connectivity index (χ3n) is 5.71. The predicted octanol–water partition coefficient (Wildman–Crippen LogP) is 3.52. The highest BCUT2D eigenvalue weighted by molar-refractivity contribution is 5.41. The summed E-state index contributed by atoms with van der Waals surface area (Å²) in [5.41, 5.74) is 3.96. The zero-order valence-corrected chi connectivity index (χ0v) is 17.4. The Balaban J connectivity index is 2.47. The molecule has 0 fully saturated rings. The Morgan fingerprint density at radius 1 is 0.750 bits per heavy atom. The van der Waals surface area contributed by atoms with E-state index < -0.39 is 31.3 Å². The first kappa shape index (κ1) is 22.6. The van der Waals surface area contributed by atoms with Gasteiger partial charge in [0, 0.05) is 0 Å². The molecule has 0 amide bonds. The second-order valence-electron chi connectivity index (χ2n) is 8.38. The van der Waals surface area contributed by atoms with Crippen LogP contribution in [-0.2, 0) is 6.42 Å². The van der Waals surface area contributed by atoms with Gasteiger partial charge in [0.2, 0.25) is 0 Å². The summed E-state index contributed by atoms with van der Waals surface area (Å²) in [5, 5.41) is 40.0. The van der Waals surface area contributed by atoms with Crippen LogP contribution >= 0.6 is 0 Å². The Labute approximate surface area is 168 Å². The molecule has 4 nitrogen and oxygen atoms in total. The van der Waals surface area contributed by atoms with E-state index in [9.17, 15) is 20.4 Å². The smallest absolute Gasteiger partial charge is 0.0915 e. The number of hydrogen-bond donors (Lipinski definition) is 4. The molecule has 0 aliphatic rings. The molecule has 154 valence electrons. The molecule has 28 heavy (non-hydrogen) atoms. The lowest BCUT2D eigenvalue weighted by atomic mass is 9.78. The summed E-state index contributed by atoms with van der Waals surface area (Å²) in [5.74, 6) is 0.831. The summed E-state index contributed by atoms with van der Waals surface area (Å²) in [6, 6.07) is 14.1. The van der Waals surface area contributed by atoms with Crippen molar-refractivity contribution in [3.05, 3.63) is 70.3 Å². The van der Waals surface area contributed by atoms with Crippen LogP contribution in [0.4, 0.5) is 0 Å². The SMILES string of the molecule is CC(C)c1ccc(Cc2ccccc2C(O)C(CO)(CO)CO)c(C(C)C)c1. The summed E-state index contributed by atoms with van der Waals surface area (Å²) in [7, 11) is 0. The van der Waals surface area contributed by atoms with Gasteiger partial charge in [-0.15, -0.1) is 0 Å². The molecule has 2 aromatic rings. The first-order valence-electron chi connectivity index (χ1n) is 10.0.